The van der Waals surface area contributed by atoms with Crippen molar-refractivity contribution in [1.29, 1.82) is 0 Å². The van der Waals surface area contributed by atoms with Gasteiger partial charge < -0.3 is 15.7 Å². The Morgan fingerprint density at radius 2 is 1.63 bits per heavy atom. The molecule has 2 aliphatic rings. The van der Waals surface area contributed by atoms with E-state index >= 15 is 0 Å². The summed E-state index contributed by atoms with van der Waals surface area (Å²) in [6.45, 7) is 1.59. The molecule has 0 unspecified atom stereocenters. The second-order valence-electron chi connectivity index (χ2n) is 11.3. The molecule has 226 valence electrons. The van der Waals surface area contributed by atoms with Crippen LogP contribution < -0.4 is 5.73 Å². The van der Waals surface area contributed by atoms with Crippen LogP contribution in [0.4, 0.5) is 32.2 Å². The van der Waals surface area contributed by atoms with E-state index in [0.29, 0.717) is 31.0 Å². The molecule has 3 atom stereocenters. The summed E-state index contributed by atoms with van der Waals surface area (Å²) in [5, 5.41) is 11.2. The molecule has 0 radical (unpaired) electrons. The second kappa shape index (κ2) is 9.97. The highest BCUT2D eigenvalue weighted by Crippen LogP contribution is 2.42. The van der Waals surface area contributed by atoms with Gasteiger partial charge in [-0.25, -0.2) is 9.97 Å². The van der Waals surface area contributed by atoms with Crippen LogP contribution in [0.15, 0.2) is 54.7 Å². The van der Waals surface area contributed by atoms with Crippen LogP contribution in [0.25, 0.3) is 16.8 Å². The number of anilines is 1. The van der Waals surface area contributed by atoms with E-state index in [9.17, 15) is 36.2 Å². The van der Waals surface area contributed by atoms with Gasteiger partial charge in [-0.15, -0.1) is 0 Å². The van der Waals surface area contributed by atoms with Gasteiger partial charge in [0.25, 0.3) is 0 Å². The zero-order valence-corrected chi connectivity index (χ0v) is 22.9. The number of hydrogen-bond donors (Lipinski definition) is 2. The number of amides is 1. The molecular weight excluding hydrogens is 576 g/mol. The van der Waals surface area contributed by atoms with E-state index in [-0.39, 0.29) is 52.5 Å². The first-order valence-corrected chi connectivity index (χ1v) is 13.7. The van der Waals surface area contributed by atoms with E-state index < -0.39 is 35.1 Å². The molecule has 0 spiro atoms. The lowest BCUT2D eigenvalue weighted by atomic mass is 9.87. The molecule has 13 heteroatoms. The molecule has 2 aliphatic heterocycles. The number of piperidine rings is 1. The lowest BCUT2D eigenvalue weighted by Gasteiger charge is -2.34. The van der Waals surface area contributed by atoms with Crippen molar-refractivity contribution in [1.82, 2.24) is 19.3 Å². The average molecular weight is 604 g/mol. The van der Waals surface area contributed by atoms with Crippen molar-refractivity contribution in [2.45, 2.75) is 62.5 Å². The number of nitrogens with zero attached hydrogens (tertiary/aromatic N) is 4. The zero-order chi connectivity index (χ0) is 30.9. The number of aromatic nitrogens is 3. The van der Waals surface area contributed by atoms with Crippen molar-refractivity contribution in [3.05, 3.63) is 82.9 Å². The maximum absolute atomic E-state index is 14.2. The first-order valence-electron chi connectivity index (χ1n) is 13.7. The molecule has 4 aromatic rings. The maximum Gasteiger partial charge on any atom is 0.433 e. The van der Waals surface area contributed by atoms with Crippen molar-refractivity contribution in [3.8, 4) is 11.3 Å². The molecule has 3 N–H and O–H groups in total. The van der Waals surface area contributed by atoms with E-state index in [1.165, 1.54) is 43.3 Å². The number of benzene rings is 2. The quantitative estimate of drug-likeness (QED) is 0.273. The largest absolute Gasteiger partial charge is 0.433 e. The fourth-order valence-corrected chi connectivity index (χ4v) is 6.24. The molecule has 6 rings (SSSR count). The summed E-state index contributed by atoms with van der Waals surface area (Å²) in [7, 11) is 0. The Hall–Kier alpha value is -4.13. The first-order chi connectivity index (χ1) is 20.2. The van der Waals surface area contributed by atoms with E-state index in [4.69, 9.17) is 5.73 Å². The van der Waals surface area contributed by atoms with Gasteiger partial charge in [0.05, 0.1) is 11.8 Å². The van der Waals surface area contributed by atoms with Gasteiger partial charge in [-0.1, -0.05) is 36.4 Å². The zero-order valence-electron chi connectivity index (χ0n) is 22.9. The third-order valence-corrected chi connectivity index (χ3v) is 8.56. The number of hydrogen-bond acceptors (Lipinski definition) is 5. The molecule has 0 saturated carbocycles. The number of carbonyl (C=O) groups is 1. The van der Waals surface area contributed by atoms with Crippen LogP contribution in [-0.2, 0) is 22.7 Å². The SMILES string of the molecule is C[C@@](O)(c1ccc(-c2nc([C@@H]3CC[C@H]4CCC(=O)N4C3)n3c(C(F)(F)F)cnc(N)c23)cc1)c1cccc(C(F)(F)F)c1. The molecule has 0 bridgehead atoms. The number of alkyl halides is 6. The van der Waals surface area contributed by atoms with Gasteiger partial charge in [-0.05, 0) is 49.4 Å². The van der Waals surface area contributed by atoms with Crippen molar-refractivity contribution in [2.75, 3.05) is 12.3 Å². The van der Waals surface area contributed by atoms with Crippen LogP contribution in [0.2, 0.25) is 0 Å². The number of nitrogen functional groups attached to an aromatic ring is 1. The van der Waals surface area contributed by atoms with Crippen LogP contribution in [0, 0.1) is 0 Å². The predicted molar refractivity (Wildman–Crippen MR) is 145 cm³/mol. The molecule has 2 aromatic carbocycles. The monoisotopic (exact) mass is 603 g/mol. The summed E-state index contributed by atoms with van der Waals surface area (Å²) in [5.74, 6) is -0.572. The predicted octanol–water partition coefficient (Wildman–Crippen LogP) is 6.14. The van der Waals surface area contributed by atoms with Gasteiger partial charge in [0.15, 0.2) is 0 Å². The molecule has 0 aliphatic carbocycles. The Kier molecular flexibility index (Phi) is 6.71. The maximum atomic E-state index is 14.2. The fraction of sp³-hybridized carbons (Fsp3) is 0.367. The lowest BCUT2D eigenvalue weighted by Crippen LogP contribution is -2.41. The van der Waals surface area contributed by atoms with Gasteiger partial charge in [-0.2, -0.15) is 26.3 Å². The fourth-order valence-electron chi connectivity index (χ4n) is 6.24. The number of fused-ring (bicyclic) bond motifs is 2. The molecule has 43 heavy (non-hydrogen) atoms. The Morgan fingerprint density at radius 3 is 2.30 bits per heavy atom. The molecule has 7 nitrogen and oxygen atoms in total. The Balaban J connectivity index is 1.44. The van der Waals surface area contributed by atoms with Crippen molar-refractivity contribution in [2.24, 2.45) is 0 Å². The molecular formula is C30H27F6N5O2. The molecule has 2 saturated heterocycles. The Labute approximate surface area is 242 Å². The highest BCUT2D eigenvalue weighted by Gasteiger charge is 2.41. The summed E-state index contributed by atoms with van der Waals surface area (Å²) in [5.41, 5.74) is 3.09. The van der Waals surface area contributed by atoms with Crippen molar-refractivity contribution < 1.29 is 36.2 Å². The van der Waals surface area contributed by atoms with Crippen LogP contribution in [0.3, 0.4) is 0 Å². The topological polar surface area (TPSA) is 96.8 Å². The number of nitrogens with two attached hydrogens (primary N) is 1. The van der Waals surface area contributed by atoms with E-state index in [0.717, 1.165) is 23.0 Å². The third kappa shape index (κ3) is 4.98. The van der Waals surface area contributed by atoms with Gasteiger partial charge in [-0.3, -0.25) is 9.20 Å². The van der Waals surface area contributed by atoms with Crippen LogP contribution in [0.1, 0.15) is 66.7 Å². The average Bonchev–Trinajstić information content (AvgIpc) is 3.54. The minimum Gasteiger partial charge on any atom is -0.382 e. The van der Waals surface area contributed by atoms with Crippen LogP contribution >= 0.6 is 0 Å². The summed E-state index contributed by atoms with van der Waals surface area (Å²) in [6.07, 6.45) is -6.40. The van der Waals surface area contributed by atoms with Gasteiger partial charge >= 0.3 is 12.4 Å². The van der Waals surface area contributed by atoms with Crippen molar-refractivity contribution in [3.63, 3.8) is 0 Å². The summed E-state index contributed by atoms with van der Waals surface area (Å²) in [4.78, 5) is 22.6. The van der Waals surface area contributed by atoms with Crippen LogP contribution in [-0.4, -0.2) is 42.9 Å². The summed E-state index contributed by atoms with van der Waals surface area (Å²) in [6, 6.07) is 10.4. The number of carbonyl (C=O) groups excluding carboxylic acids is 1. The van der Waals surface area contributed by atoms with E-state index in [2.05, 4.69) is 9.97 Å². The number of halogens is 6. The number of rotatable bonds is 4. The normalized spacial score (nSPS) is 20.8. The third-order valence-electron chi connectivity index (χ3n) is 8.56. The van der Waals surface area contributed by atoms with Gasteiger partial charge in [0.1, 0.15) is 34.1 Å². The minimum absolute atomic E-state index is 0.0140. The molecule has 4 heterocycles. The van der Waals surface area contributed by atoms with Gasteiger partial charge in [0, 0.05) is 30.5 Å². The second-order valence-corrected chi connectivity index (χ2v) is 11.3. The highest BCUT2D eigenvalue weighted by molar-refractivity contribution is 5.86. The molecule has 2 aromatic heterocycles. The first kappa shape index (κ1) is 29.0. The molecule has 2 fully saturated rings. The lowest BCUT2D eigenvalue weighted by molar-refractivity contribution is -0.142. The smallest absolute Gasteiger partial charge is 0.382 e. The summed E-state index contributed by atoms with van der Waals surface area (Å²) < 4.78 is 83.6. The minimum atomic E-state index is -4.78. The molecule has 1 amide bonds. The Morgan fingerprint density at radius 1 is 0.930 bits per heavy atom. The highest BCUT2D eigenvalue weighted by atomic mass is 19.4. The van der Waals surface area contributed by atoms with Gasteiger partial charge in [0.2, 0.25) is 5.91 Å². The standard InChI is InChI=1S/C30H27F6N5O2/c1-28(43,19-3-2-4-20(13-19)29(31,32)33)18-8-5-16(6-9-18)24-25-26(37)38-14-22(30(34,35)36)41(25)27(39-24)17-7-10-21-11-12-23(42)40(21)15-17/h2-6,8-9,13-14,17,21,43H,7,10-12,15H2,1H3,(H2,37,38)/t17-,21+,28-/m1/s1. The van der Waals surface area contributed by atoms with Crippen molar-refractivity contribution >= 4 is 17.2 Å². The Bertz CT molecular complexity index is 1710. The van der Waals surface area contributed by atoms with E-state index in [1.807, 2.05) is 0 Å². The van der Waals surface area contributed by atoms with E-state index in [1.54, 1.807) is 4.90 Å². The summed E-state index contributed by atoms with van der Waals surface area (Å²) >= 11 is 0. The van der Waals surface area contributed by atoms with Crippen LogP contribution in [0.5, 0.6) is 0 Å². The number of imidazole rings is 1. The number of aliphatic hydroxyl groups is 1.